The van der Waals surface area contributed by atoms with E-state index in [1.807, 2.05) is 18.2 Å². The highest BCUT2D eigenvalue weighted by atomic mass is 16.3. The van der Waals surface area contributed by atoms with Crippen LogP contribution in [0.25, 0.3) is 0 Å². The van der Waals surface area contributed by atoms with Crippen LogP contribution in [0.5, 0.6) is 5.75 Å². The van der Waals surface area contributed by atoms with Gasteiger partial charge >= 0.3 is 0 Å². The Bertz CT molecular complexity index is 638. The largest absolute Gasteiger partial charge is 0.508 e. The molecule has 0 saturated carbocycles. The van der Waals surface area contributed by atoms with Gasteiger partial charge in [0.2, 0.25) is 0 Å². The normalized spacial score (nSPS) is 15.8. The molecule has 0 unspecified atom stereocenters. The summed E-state index contributed by atoms with van der Waals surface area (Å²) in [6.07, 6.45) is 4.81. The first-order chi connectivity index (χ1) is 11.2. The minimum atomic E-state index is 0.328. The zero-order chi connectivity index (χ0) is 16.1. The van der Waals surface area contributed by atoms with E-state index in [0.717, 1.165) is 56.0 Å². The number of piperidine rings is 1. The number of aryl methyl sites for hydroxylation is 1. The summed E-state index contributed by atoms with van der Waals surface area (Å²) in [6, 6.07) is 10.1. The summed E-state index contributed by atoms with van der Waals surface area (Å²) in [7, 11) is 0. The highest BCUT2D eigenvalue weighted by Crippen LogP contribution is 2.19. The van der Waals surface area contributed by atoms with Gasteiger partial charge in [0.05, 0.1) is 0 Å². The van der Waals surface area contributed by atoms with E-state index in [1.54, 1.807) is 12.4 Å². The lowest BCUT2D eigenvalue weighted by Crippen LogP contribution is -2.42. The molecule has 2 N–H and O–H groups in total. The number of nitrogens with zero attached hydrogens (tertiary/aromatic N) is 3. The highest BCUT2D eigenvalue weighted by Gasteiger charge is 2.20. The van der Waals surface area contributed by atoms with Gasteiger partial charge < -0.3 is 15.3 Å². The number of phenolic OH excluding ortho intramolecular Hbond substituents is 1. The summed E-state index contributed by atoms with van der Waals surface area (Å²) < 4.78 is 0. The molecule has 0 amide bonds. The summed E-state index contributed by atoms with van der Waals surface area (Å²) in [4.78, 5) is 11.0. The molecule has 0 bridgehead atoms. The molecule has 0 aliphatic carbocycles. The second-order valence-electron chi connectivity index (χ2n) is 6.03. The van der Waals surface area contributed by atoms with Crippen molar-refractivity contribution >= 4 is 5.82 Å². The van der Waals surface area contributed by atoms with Crippen molar-refractivity contribution in [1.29, 1.82) is 0 Å². The predicted molar refractivity (Wildman–Crippen MR) is 91.6 cm³/mol. The Hall–Kier alpha value is -2.14. The quantitative estimate of drug-likeness (QED) is 0.888. The SMILES string of the molecule is CCc1cc(N2CCC(NCc3cccc(O)c3)CC2)ncn1. The Morgan fingerprint density at radius 2 is 2.04 bits per heavy atom. The maximum Gasteiger partial charge on any atom is 0.132 e. The summed E-state index contributed by atoms with van der Waals surface area (Å²) in [5.41, 5.74) is 2.22. The van der Waals surface area contributed by atoms with E-state index in [-0.39, 0.29) is 0 Å². The molecule has 23 heavy (non-hydrogen) atoms. The molecule has 0 atom stereocenters. The lowest BCUT2D eigenvalue weighted by atomic mass is 10.0. The third-order valence-electron chi connectivity index (χ3n) is 4.40. The molecule has 0 radical (unpaired) electrons. The van der Waals surface area contributed by atoms with Gasteiger partial charge in [0.1, 0.15) is 17.9 Å². The van der Waals surface area contributed by atoms with Crippen molar-refractivity contribution < 1.29 is 5.11 Å². The number of phenols is 1. The third-order valence-corrected chi connectivity index (χ3v) is 4.40. The van der Waals surface area contributed by atoms with E-state index in [4.69, 9.17) is 0 Å². The molecule has 2 aromatic rings. The van der Waals surface area contributed by atoms with Gasteiger partial charge in [-0.05, 0) is 37.0 Å². The Kier molecular flexibility index (Phi) is 5.08. The smallest absolute Gasteiger partial charge is 0.132 e. The maximum absolute atomic E-state index is 9.51. The number of rotatable bonds is 5. The number of benzene rings is 1. The van der Waals surface area contributed by atoms with Crippen molar-refractivity contribution in [3.8, 4) is 5.75 Å². The van der Waals surface area contributed by atoms with Crippen molar-refractivity contribution in [1.82, 2.24) is 15.3 Å². The first kappa shape index (κ1) is 15.7. The molecular weight excluding hydrogens is 288 g/mol. The van der Waals surface area contributed by atoms with E-state index in [0.29, 0.717) is 11.8 Å². The predicted octanol–water partition coefficient (Wildman–Crippen LogP) is 2.50. The van der Waals surface area contributed by atoms with Gasteiger partial charge in [-0.15, -0.1) is 0 Å². The summed E-state index contributed by atoms with van der Waals surface area (Å²) in [5.74, 6) is 1.37. The van der Waals surface area contributed by atoms with Crippen LogP contribution in [0.4, 0.5) is 5.82 Å². The Balaban J connectivity index is 1.50. The first-order valence-electron chi connectivity index (χ1n) is 8.31. The Morgan fingerprint density at radius 1 is 1.22 bits per heavy atom. The second-order valence-corrected chi connectivity index (χ2v) is 6.03. The average Bonchev–Trinajstić information content (AvgIpc) is 2.60. The van der Waals surface area contributed by atoms with Gasteiger partial charge in [-0.25, -0.2) is 9.97 Å². The minimum absolute atomic E-state index is 0.328. The fourth-order valence-corrected chi connectivity index (χ4v) is 2.99. The van der Waals surface area contributed by atoms with Crippen molar-refractivity contribution in [3.63, 3.8) is 0 Å². The second kappa shape index (κ2) is 7.42. The fourth-order valence-electron chi connectivity index (χ4n) is 2.99. The minimum Gasteiger partial charge on any atom is -0.508 e. The van der Waals surface area contributed by atoms with Gasteiger partial charge in [0.15, 0.2) is 0 Å². The van der Waals surface area contributed by atoms with Gasteiger partial charge in [-0.2, -0.15) is 0 Å². The van der Waals surface area contributed by atoms with E-state index in [9.17, 15) is 5.11 Å². The van der Waals surface area contributed by atoms with E-state index >= 15 is 0 Å². The van der Waals surface area contributed by atoms with Gasteiger partial charge in [-0.3, -0.25) is 0 Å². The fraction of sp³-hybridized carbons (Fsp3) is 0.444. The van der Waals surface area contributed by atoms with Crippen LogP contribution in [-0.2, 0) is 13.0 Å². The van der Waals surface area contributed by atoms with Crippen LogP contribution in [0.2, 0.25) is 0 Å². The zero-order valence-corrected chi connectivity index (χ0v) is 13.6. The molecule has 0 spiro atoms. The number of hydrogen-bond acceptors (Lipinski definition) is 5. The van der Waals surface area contributed by atoms with Crippen LogP contribution in [0.1, 0.15) is 31.0 Å². The van der Waals surface area contributed by atoms with Crippen LogP contribution in [0.15, 0.2) is 36.7 Å². The molecule has 1 aliphatic rings. The molecule has 122 valence electrons. The van der Waals surface area contributed by atoms with Crippen molar-refractivity contribution in [2.75, 3.05) is 18.0 Å². The summed E-state index contributed by atoms with van der Waals surface area (Å²) >= 11 is 0. The Labute approximate surface area is 137 Å². The molecule has 1 fully saturated rings. The van der Waals surface area contributed by atoms with E-state index in [2.05, 4.69) is 33.2 Å². The molecule has 1 aromatic carbocycles. The van der Waals surface area contributed by atoms with Crippen molar-refractivity contribution in [2.24, 2.45) is 0 Å². The number of nitrogens with one attached hydrogen (secondary N) is 1. The molecule has 3 rings (SSSR count). The number of hydrogen-bond donors (Lipinski definition) is 2. The Morgan fingerprint density at radius 3 is 2.78 bits per heavy atom. The molecule has 5 heteroatoms. The summed E-state index contributed by atoms with van der Waals surface area (Å²) in [5, 5.41) is 13.1. The standard InChI is InChI=1S/C18H24N4O/c1-2-15-11-18(21-13-20-15)22-8-6-16(7-9-22)19-12-14-4-3-5-17(23)10-14/h3-5,10-11,13,16,19,23H,2,6-9,12H2,1H3. The highest BCUT2D eigenvalue weighted by molar-refractivity contribution is 5.39. The zero-order valence-electron chi connectivity index (χ0n) is 13.6. The lowest BCUT2D eigenvalue weighted by molar-refractivity contribution is 0.411. The maximum atomic E-state index is 9.51. The molecule has 5 nitrogen and oxygen atoms in total. The van der Waals surface area contributed by atoms with Gasteiger partial charge in [0.25, 0.3) is 0 Å². The van der Waals surface area contributed by atoms with E-state index in [1.165, 1.54) is 0 Å². The van der Waals surface area contributed by atoms with Crippen molar-refractivity contribution in [2.45, 2.75) is 38.8 Å². The van der Waals surface area contributed by atoms with Crippen LogP contribution in [-0.4, -0.2) is 34.2 Å². The van der Waals surface area contributed by atoms with Crippen LogP contribution in [0.3, 0.4) is 0 Å². The van der Waals surface area contributed by atoms with Crippen LogP contribution >= 0.6 is 0 Å². The third kappa shape index (κ3) is 4.20. The average molecular weight is 312 g/mol. The lowest BCUT2D eigenvalue weighted by Gasteiger charge is -2.33. The van der Waals surface area contributed by atoms with Crippen molar-refractivity contribution in [3.05, 3.63) is 47.9 Å². The molecule has 2 heterocycles. The van der Waals surface area contributed by atoms with Gasteiger partial charge in [-0.1, -0.05) is 19.1 Å². The summed E-state index contributed by atoms with van der Waals surface area (Å²) in [6.45, 7) is 4.94. The monoisotopic (exact) mass is 312 g/mol. The topological polar surface area (TPSA) is 61.3 Å². The molecular formula is C18H24N4O. The molecule has 1 aromatic heterocycles. The van der Waals surface area contributed by atoms with Crippen LogP contribution in [0, 0.1) is 0 Å². The van der Waals surface area contributed by atoms with E-state index < -0.39 is 0 Å². The number of aromatic hydroxyl groups is 1. The van der Waals surface area contributed by atoms with Gasteiger partial charge in [0, 0.05) is 37.4 Å². The molecule has 1 saturated heterocycles. The number of aromatic nitrogens is 2. The number of anilines is 1. The van der Waals surface area contributed by atoms with Crippen LogP contribution < -0.4 is 10.2 Å². The molecule has 1 aliphatic heterocycles. The first-order valence-corrected chi connectivity index (χ1v) is 8.31.